The first-order valence-electron chi connectivity index (χ1n) is 20.7. The van der Waals surface area contributed by atoms with E-state index in [0.717, 1.165) is 76.8 Å². The van der Waals surface area contributed by atoms with Crippen LogP contribution in [0.25, 0.3) is 65.4 Å². The highest BCUT2D eigenvalue weighted by atomic mass is 16.3. The van der Waals surface area contributed by atoms with Gasteiger partial charge in [-0.1, -0.05) is 83.9 Å². The minimum atomic E-state index is 0.852. The summed E-state index contributed by atoms with van der Waals surface area (Å²) in [6, 6.07) is 57.3. The highest BCUT2D eigenvalue weighted by molar-refractivity contribution is 6.18. The van der Waals surface area contributed by atoms with Crippen molar-refractivity contribution in [2.75, 3.05) is 9.80 Å². The van der Waals surface area contributed by atoms with Gasteiger partial charge in [0.1, 0.15) is 22.3 Å². The summed E-state index contributed by atoms with van der Waals surface area (Å²) in [5.74, 6) is 0. The van der Waals surface area contributed by atoms with Crippen LogP contribution in [0.3, 0.4) is 0 Å². The number of benzene rings is 9. The Morgan fingerprint density at radius 3 is 1.10 bits per heavy atom. The van der Waals surface area contributed by atoms with E-state index in [0.29, 0.717) is 0 Å². The molecule has 11 rings (SSSR count). The second kappa shape index (κ2) is 13.6. The lowest BCUT2D eigenvalue weighted by Crippen LogP contribution is -2.12. The molecule has 0 atom stereocenters. The van der Waals surface area contributed by atoms with Crippen molar-refractivity contribution in [3.63, 3.8) is 0 Å². The first-order valence-corrected chi connectivity index (χ1v) is 20.7. The molecule has 2 heterocycles. The van der Waals surface area contributed by atoms with Crippen molar-refractivity contribution >= 4 is 99.5 Å². The van der Waals surface area contributed by atoms with Crippen molar-refractivity contribution in [3.8, 4) is 0 Å². The summed E-state index contributed by atoms with van der Waals surface area (Å²) < 4.78 is 13.4. The number of anilines is 6. The molecule has 0 aliphatic heterocycles. The minimum absolute atomic E-state index is 0.852. The second-order valence-corrected chi connectivity index (χ2v) is 16.6. The molecule has 0 amide bonds. The van der Waals surface area contributed by atoms with E-state index in [-0.39, 0.29) is 0 Å². The molecule has 0 bridgehead atoms. The molecular weight excluding hydrogens is 733 g/mol. The molecule has 0 aliphatic carbocycles. The molecule has 2 aromatic heterocycles. The van der Waals surface area contributed by atoms with Crippen LogP contribution in [-0.2, 0) is 0 Å². The largest absolute Gasteiger partial charge is 0.456 e. The first-order chi connectivity index (χ1) is 29.2. The third-order valence-corrected chi connectivity index (χ3v) is 12.4. The van der Waals surface area contributed by atoms with Gasteiger partial charge in [-0.25, -0.2) is 0 Å². The summed E-state index contributed by atoms with van der Waals surface area (Å²) in [4.78, 5) is 4.75. The summed E-state index contributed by atoms with van der Waals surface area (Å²) in [5, 5.41) is 8.83. The van der Waals surface area contributed by atoms with E-state index in [1.165, 1.54) is 56.1 Å². The first kappa shape index (κ1) is 35.8. The molecule has 0 saturated carbocycles. The molecule has 4 nitrogen and oxygen atoms in total. The SMILES string of the molecule is Cc1ccc(N(c2ccc3cc4c(cc3c2)oc2cc3c(cc24)oc2cc4cc(N(c5ccccc5C)c5ccc(C)cc5C)ccc4cc23)c2ccccc2C)c(C)c1. The molecule has 0 unspecified atom stereocenters. The Labute approximate surface area is 349 Å². The quantitative estimate of drug-likeness (QED) is 0.168. The van der Waals surface area contributed by atoms with Gasteiger partial charge in [-0.2, -0.15) is 0 Å². The zero-order valence-electron chi connectivity index (χ0n) is 34.7. The maximum atomic E-state index is 6.69. The topological polar surface area (TPSA) is 32.8 Å². The molecule has 0 aliphatic rings. The third kappa shape index (κ3) is 5.82. The van der Waals surface area contributed by atoms with Crippen LogP contribution < -0.4 is 9.80 Å². The number of hydrogen-bond donors (Lipinski definition) is 0. The lowest BCUT2D eigenvalue weighted by atomic mass is 10.0. The van der Waals surface area contributed by atoms with E-state index < -0.39 is 0 Å². The zero-order valence-corrected chi connectivity index (χ0v) is 34.7. The van der Waals surface area contributed by atoms with Gasteiger partial charge < -0.3 is 18.6 Å². The van der Waals surface area contributed by atoms with E-state index in [1.54, 1.807) is 0 Å². The van der Waals surface area contributed by atoms with E-state index in [2.05, 4.69) is 209 Å². The minimum Gasteiger partial charge on any atom is -0.456 e. The molecule has 4 heteroatoms. The number of furan rings is 2. The Bertz CT molecular complexity index is 3300. The third-order valence-electron chi connectivity index (χ3n) is 12.4. The number of para-hydroxylation sites is 2. The molecule has 0 saturated heterocycles. The van der Waals surface area contributed by atoms with Gasteiger partial charge in [0.25, 0.3) is 0 Å². The van der Waals surface area contributed by atoms with E-state index in [1.807, 2.05) is 0 Å². The van der Waals surface area contributed by atoms with E-state index >= 15 is 0 Å². The van der Waals surface area contributed by atoms with E-state index in [9.17, 15) is 0 Å². The van der Waals surface area contributed by atoms with Crippen molar-refractivity contribution in [3.05, 3.63) is 191 Å². The standard InChI is InChI=1S/C56H44N2O2/c1-33-15-21-51(37(5)23-33)57(49-13-9-7-11-35(49)3)43-19-17-39-27-45-47-31-56-48(32-55(47)59-53(45)29-41(39)25-43)46-28-40-18-20-44(26-42(40)30-54(46)60-56)58(50-14-10-8-12-36(50)4)52-22-16-34(2)24-38(52)6/h7-32H,1-6H3. The Kier molecular flexibility index (Phi) is 8.15. The smallest absolute Gasteiger partial charge is 0.136 e. The van der Waals surface area contributed by atoms with Gasteiger partial charge in [0.2, 0.25) is 0 Å². The molecule has 11 aromatic rings. The van der Waals surface area contributed by atoms with Gasteiger partial charge >= 0.3 is 0 Å². The Morgan fingerprint density at radius 1 is 0.300 bits per heavy atom. The lowest BCUT2D eigenvalue weighted by Gasteiger charge is -2.29. The van der Waals surface area contributed by atoms with Gasteiger partial charge in [0, 0.05) is 55.7 Å². The predicted molar refractivity (Wildman–Crippen MR) is 254 cm³/mol. The monoisotopic (exact) mass is 776 g/mol. The van der Waals surface area contributed by atoms with Crippen LogP contribution in [0.5, 0.6) is 0 Å². The zero-order chi connectivity index (χ0) is 40.8. The Balaban J connectivity index is 1.01. The summed E-state index contributed by atoms with van der Waals surface area (Å²) in [6.07, 6.45) is 0. The molecule has 290 valence electrons. The van der Waals surface area contributed by atoms with Crippen molar-refractivity contribution in [1.29, 1.82) is 0 Å². The molecule has 0 fully saturated rings. The van der Waals surface area contributed by atoms with Crippen LogP contribution in [-0.4, -0.2) is 0 Å². The highest BCUT2D eigenvalue weighted by Crippen LogP contribution is 2.44. The fraction of sp³-hybridized carbons (Fsp3) is 0.107. The van der Waals surface area contributed by atoms with Crippen LogP contribution in [0.1, 0.15) is 33.4 Å². The highest BCUT2D eigenvalue weighted by Gasteiger charge is 2.21. The molecule has 60 heavy (non-hydrogen) atoms. The number of hydrogen-bond acceptors (Lipinski definition) is 4. The van der Waals surface area contributed by atoms with Gasteiger partial charge in [-0.3, -0.25) is 0 Å². The number of nitrogens with zero attached hydrogens (tertiary/aromatic N) is 2. The van der Waals surface area contributed by atoms with Crippen LogP contribution in [0, 0.1) is 41.5 Å². The average Bonchev–Trinajstić information content (AvgIpc) is 3.76. The van der Waals surface area contributed by atoms with Crippen molar-refractivity contribution < 1.29 is 8.83 Å². The summed E-state index contributed by atoms with van der Waals surface area (Å²) in [5.41, 5.74) is 17.7. The fourth-order valence-electron chi connectivity index (χ4n) is 9.34. The maximum absolute atomic E-state index is 6.69. The van der Waals surface area contributed by atoms with Crippen LogP contribution in [0.15, 0.2) is 167 Å². The molecule has 9 aromatic carbocycles. The predicted octanol–water partition coefficient (Wildman–Crippen LogP) is 16.6. The van der Waals surface area contributed by atoms with Gasteiger partial charge in [-0.05, 0) is 170 Å². The van der Waals surface area contributed by atoms with Crippen molar-refractivity contribution in [2.45, 2.75) is 41.5 Å². The summed E-state index contributed by atoms with van der Waals surface area (Å²) in [6.45, 7) is 13.0. The van der Waals surface area contributed by atoms with Crippen LogP contribution in [0.4, 0.5) is 34.1 Å². The van der Waals surface area contributed by atoms with E-state index in [4.69, 9.17) is 8.83 Å². The van der Waals surface area contributed by atoms with Crippen molar-refractivity contribution in [1.82, 2.24) is 0 Å². The second-order valence-electron chi connectivity index (χ2n) is 16.6. The lowest BCUT2D eigenvalue weighted by molar-refractivity contribution is 0.664. The maximum Gasteiger partial charge on any atom is 0.136 e. The van der Waals surface area contributed by atoms with Gasteiger partial charge in [0.05, 0.1) is 0 Å². The van der Waals surface area contributed by atoms with Gasteiger partial charge in [0.15, 0.2) is 0 Å². The Hall–Kier alpha value is -7.30. The normalized spacial score (nSPS) is 11.8. The molecule has 0 N–H and O–H groups in total. The van der Waals surface area contributed by atoms with Gasteiger partial charge in [-0.15, -0.1) is 0 Å². The van der Waals surface area contributed by atoms with Crippen LogP contribution >= 0.6 is 0 Å². The summed E-state index contributed by atoms with van der Waals surface area (Å²) in [7, 11) is 0. The van der Waals surface area contributed by atoms with Crippen molar-refractivity contribution in [2.24, 2.45) is 0 Å². The number of fused-ring (bicyclic) bond motifs is 8. The Morgan fingerprint density at radius 2 is 0.683 bits per heavy atom. The molecule has 0 radical (unpaired) electrons. The molecule has 0 spiro atoms. The average molecular weight is 777 g/mol. The molecular formula is C56H44N2O2. The van der Waals surface area contributed by atoms with Crippen LogP contribution in [0.2, 0.25) is 0 Å². The summed E-state index contributed by atoms with van der Waals surface area (Å²) >= 11 is 0. The number of rotatable bonds is 6. The number of aryl methyl sites for hydroxylation is 6. The fourth-order valence-corrected chi connectivity index (χ4v) is 9.34.